The van der Waals surface area contributed by atoms with E-state index in [0.29, 0.717) is 6.61 Å². The van der Waals surface area contributed by atoms with Gasteiger partial charge in [0.05, 0.1) is 12.5 Å². The number of alkyl carbamates (subject to hydrolysis) is 1. The monoisotopic (exact) mass is 438 g/mol. The van der Waals surface area contributed by atoms with Gasteiger partial charge in [0.15, 0.2) is 0 Å². The average Bonchev–Trinajstić information content (AvgIpc) is 3.39. The van der Waals surface area contributed by atoms with Gasteiger partial charge in [-0.1, -0.05) is 55.5 Å². The van der Waals surface area contributed by atoms with E-state index in [-0.39, 0.29) is 32.1 Å². The van der Waals surface area contributed by atoms with Crippen molar-refractivity contribution in [3.8, 4) is 11.1 Å². The van der Waals surface area contributed by atoms with Gasteiger partial charge in [-0.05, 0) is 22.3 Å². The van der Waals surface area contributed by atoms with Gasteiger partial charge in [-0.25, -0.2) is 4.79 Å². The highest BCUT2D eigenvalue weighted by molar-refractivity contribution is 5.90. The Bertz CT molecular complexity index is 985. The van der Waals surface area contributed by atoms with Crippen molar-refractivity contribution in [2.75, 3.05) is 26.4 Å². The predicted molar refractivity (Wildman–Crippen MR) is 116 cm³/mol. The number of hydrogen-bond acceptors (Lipinski definition) is 5. The summed E-state index contributed by atoms with van der Waals surface area (Å²) in [6.07, 6.45) is -0.427. The minimum Gasteiger partial charge on any atom is -0.481 e. The van der Waals surface area contributed by atoms with Crippen molar-refractivity contribution < 1.29 is 29.0 Å². The van der Waals surface area contributed by atoms with E-state index in [9.17, 15) is 14.4 Å². The van der Waals surface area contributed by atoms with Crippen molar-refractivity contribution in [2.45, 2.75) is 24.8 Å². The molecule has 0 aromatic heterocycles. The van der Waals surface area contributed by atoms with Crippen LogP contribution in [0.5, 0.6) is 0 Å². The number of aliphatic carboxylic acids is 1. The molecule has 2 atom stereocenters. The van der Waals surface area contributed by atoms with Crippen molar-refractivity contribution in [2.24, 2.45) is 5.92 Å². The van der Waals surface area contributed by atoms with Crippen LogP contribution in [0.3, 0.4) is 0 Å². The lowest BCUT2D eigenvalue weighted by atomic mass is 9.97. The number of carbonyl (C=O) groups is 3. The molecule has 2 aromatic rings. The Hall–Kier alpha value is -3.39. The summed E-state index contributed by atoms with van der Waals surface area (Å²) < 4.78 is 10.9. The highest BCUT2D eigenvalue weighted by atomic mass is 16.6. The summed E-state index contributed by atoms with van der Waals surface area (Å²) in [6, 6.07) is 16.1. The van der Waals surface area contributed by atoms with Gasteiger partial charge in [-0.15, -0.1) is 0 Å². The topological polar surface area (TPSA) is 114 Å². The van der Waals surface area contributed by atoms with Crippen molar-refractivity contribution >= 4 is 18.0 Å². The Kier molecular flexibility index (Phi) is 6.14. The van der Waals surface area contributed by atoms with Gasteiger partial charge in [0, 0.05) is 25.5 Å². The van der Waals surface area contributed by atoms with Crippen LogP contribution in [-0.4, -0.2) is 55.0 Å². The third-order valence-electron chi connectivity index (χ3n) is 6.13. The molecule has 2 unspecified atom stereocenters. The van der Waals surface area contributed by atoms with Gasteiger partial charge in [0.25, 0.3) is 0 Å². The second-order valence-corrected chi connectivity index (χ2v) is 8.28. The van der Waals surface area contributed by atoms with E-state index in [4.69, 9.17) is 14.6 Å². The van der Waals surface area contributed by atoms with Crippen LogP contribution in [0.1, 0.15) is 30.4 Å². The number of carboxylic acid groups (broad SMARTS) is 1. The van der Waals surface area contributed by atoms with Gasteiger partial charge in [-0.2, -0.15) is 0 Å². The van der Waals surface area contributed by atoms with Crippen LogP contribution < -0.4 is 10.6 Å². The number of carbonyl (C=O) groups excluding carboxylic acids is 2. The fraction of sp³-hybridized carbons (Fsp3) is 0.375. The average molecular weight is 438 g/mol. The quantitative estimate of drug-likeness (QED) is 0.612. The summed E-state index contributed by atoms with van der Waals surface area (Å²) in [6.45, 7) is 1.91. The summed E-state index contributed by atoms with van der Waals surface area (Å²) in [5.41, 5.74) is 3.18. The Morgan fingerprint density at radius 3 is 2.31 bits per heavy atom. The molecule has 2 amide bonds. The maximum absolute atomic E-state index is 12.8. The molecule has 8 nitrogen and oxygen atoms in total. The predicted octanol–water partition coefficient (Wildman–Crippen LogP) is 2.52. The van der Waals surface area contributed by atoms with Crippen LogP contribution in [0.25, 0.3) is 11.1 Å². The van der Waals surface area contributed by atoms with Crippen molar-refractivity contribution in [1.82, 2.24) is 10.6 Å². The molecular weight excluding hydrogens is 412 g/mol. The number of ether oxygens (including phenoxy) is 2. The third-order valence-corrected chi connectivity index (χ3v) is 6.13. The lowest BCUT2D eigenvalue weighted by Crippen LogP contribution is -2.60. The SMILES string of the molecule is CC(CNC(=O)C1(NC(=O)OCC2c3ccccc3-c3ccccc32)CCOC1)C(=O)O. The number of benzene rings is 2. The third kappa shape index (κ3) is 4.18. The van der Waals surface area contributed by atoms with Gasteiger partial charge in [-0.3, -0.25) is 9.59 Å². The summed E-state index contributed by atoms with van der Waals surface area (Å²) in [7, 11) is 0. The first-order chi connectivity index (χ1) is 15.4. The van der Waals surface area contributed by atoms with E-state index < -0.39 is 29.4 Å². The molecular formula is C24H26N2O6. The standard InChI is InChI=1S/C24H26N2O6/c1-15(21(27)28)12-25-22(29)24(10-11-31-14-24)26-23(30)32-13-20-18-8-4-2-6-16(18)17-7-3-5-9-19(17)20/h2-9,15,20H,10-14H2,1H3,(H,25,29)(H,26,30)(H,27,28). The van der Waals surface area contributed by atoms with Gasteiger partial charge in [0.2, 0.25) is 5.91 Å². The molecule has 1 saturated heterocycles. The highest BCUT2D eigenvalue weighted by Crippen LogP contribution is 2.44. The number of carboxylic acids is 1. The first-order valence-electron chi connectivity index (χ1n) is 10.6. The molecule has 0 spiro atoms. The summed E-state index contributed by atoms with van der Waals surface area (Å²) in [5, 5.41) is 14.3. The second-order valence-electron chi connectivity index (χ2n) is 8.28. The Morgan fingerprint density at radius 2 is 1.75 bits per heavy atom. The van der Waals surface area contributed by atoms with Crippen LogP contribution in [-0.2, 0) is 19.1 Å². The van der Waals surface area contributed by atoms with Crippen molar-refractivity contribution in [1.29, 1.82) is 0 Å². The Morgan fingerprint density at radius 1 is 1.12 bits per heavy atom. The highest BCUT2D eigenvalue weighted by Gasteiger charge is 2.44. The number of rotatable bonds is 7. The van der Waals surface area contributed by atoms with Crippen molar-refractivity contribution in [3.05, 3.63) is 59.7 Å². The molecule has 1 heterocycles. The minimum atomic E-state index is -1.28. The Balaban J connectivity index is 1.42. The smallest absolute Gasteiger partial charge is 0.408 e. The molecule has 4 rings (SSSR count). The maximum atomic E-state index is 12.8. The summed E-state index contributed by atoms with van der Waals surface area (Å²) >= 11 is 0. The first-order valence-corrected chi connectivity index (χ1v) is 10.6. The molecule has 1 fully saturated rings. The molecule has 0 saturated carbocycles. The summed E-state index contributed by atoms with van der Waals surface area (Å²) in [5.74, 6) is -2.31. The second kappa shape index (κ2) is 9.00. The van der Waals surface area contributed by atoms with E-state index in [1.807, 2.05) is 36.4 Å². The van der Waals surface area contributed by atoms with E-state index in [1.165, 1.54) is 6.92 Å². The van der Waals surface area contributed by atoms with Gasteiger partial charge < -0.3 is 25.2 Å². The molecule has 168 valence electrons. The zero-order valence-electron chi connectivity index (χ0n) is 17.8. The number of fused-ring (bicyclic) bond motifs is 3. The van der Waals surface area contributed by atoms with Gasteiger partial charge >= 0.3 is 12.1 Å². The maximum Gasteiger partial charge on any atom is 0.408 e. The summed E-state index contributed by atoms with van der Waals surface area (Å²) in [4.78, 5) is 36.4. The van der Waals surface area contributed by atoms with Gasteiger partial charge in [0.1, 0.15) is 12.1 Å². The Labute approximate surface area is 185 Å². The lowest BCUT2D eigenvalue weighted by molar-refractivity contribution is -0.141. The molecule has 0 radical (unpaired) electrons. The molecule has 1 aliphatic carbocycles. The molecule has 3 N–H and O–H groups in total. The van der Waals surface area contributed by atoms with E-state index in [1.54, 1.807) is 0 Å². The van der Waals surface area contributed by atoms with Crippen LogP contribution >= 0.6 is 0 Å². The van der Waals surface area contributed by atoms with Crippen LogP contribution in [0.2, 0.25) is 0 Å². The fourth-order valence-electron chi connectivity index (χ4n) is 4.23. The van der Waals surface area contributed by atoms with Crippen LogP contribution in [0.4, 0.5) is 4.79 Å². The largest absolute Gasteiger partial charge is 0.481 e. The number of amides is 2. The lowest BCUT2D eigenvalue weighted by Gasteiger charge is -2.27. The van der Waals surface area contributed by atoms with E-state index in [0.717, 1.165) is 22.3 Å². The van der Waals surface area contributed by atoms with Crippen molar-refractivity contribution in [3.63, 3.8) is 0 Å². The molecule has 1 aliphatic heterocycles. The fourth-order valence-corrected chi connectivity index (χ4v) is 4.23. The molecule has 8 heteroatoms. The van der Waals surface area contributed by atoms with Crippen LogP contribution in [0.15, 0.2) is 48.5 Å². The molecule has 0 bridgehead atoms. The minimum absolute atomic E-state index is 0.00445. The zero-order valence-corrected chi connectivity index (χ0v) is 17.8. The normalized spacial score (nSPS) is 20.2. The van der Waals surface area contributed by atoms with Crippen LogP contribution in [0, 0.1) is 5.92 Å². The molecule has 2 aliphatic rings. The van der Waals surface area contributed by atoms with E-state index in [2.05, 4.69) is 22.8 Å². The zero-order chi connectivity index (χ0) is 22.7. The number of hydrogen-bond donors (Lipinski definition) is 3. The molecule has 2 aromatic carbocycles. The first kappa shape index (κ1) is 21.8. The molecule has 32 heavy (non-hydrogen) atoms. The number of nitrogens with one attached hydrogen (secondary N) is 2. The van der Waals surface area contributed by atoms with E-state index >= 15 is 0 Å².